The highest BCUT2D eigenvalue weighted by molar-refractivity contribution is 7.89. The number of likely N-dealkylation sites (tertiary alicyclic amines) is 1. The zero-order valence-corrected chi connectivity index (χ0v) is 19.1. The molecule has 2 saturated heterocycles. The highest BCUT2D eigenvalue weighted by Crippen LogP contribution is 2.37. The Balaban J connectivity index is 1.69. The predicted molar refractivity (Wildman–Crippen MR) is 117 cm³/mol. The van der Waals surface area contributed by atoms with E-state index in [0.717, 1.165) is 23.1 Å². The molecule has 2 heterocycles. The van der Waals surface area contributed by atoms with Crippen molar-refractivity contribution in [2.75, 3.05) is 18.9 Å². The number of rotatable bonds is 7. The van der Waals surface area contributed by atoms with Crippen LogP contribution in [-0.2, 0) is 26.0 Å². The molecule has 2 aliphatic heterocycles. The third-order valence-corrected chi connectivity index (χ3v) is 7.55. The summed E-state index contributed by atoms with van der Waals surface area (Å²) in [6.45, 7) is 0.719. The van der Waals surface area contributed by atoms with Gasteiger partial charge in [0.05, 0.1) is 24.9 Å². The summed E-state index contributed by atoms with van der Waals surface area (Å²) in [7, 11) is -4.01. The molecule has 184 valence electrons. The first-order valence-corrected chi connectivity index (χ1v) is 12.5. The zero-order valence-electron chi connectivity index (χ0n) is 18.3. The van der Waals surface area contributed by atoms with Gasteiger partial charge in [-0.3, -0.25) is 4.79 Å². The normalized spacial score (nSPS) is 24.1. The molecule has 0 saturated carbocycles. The number of alkyl halides is 2. The standard InChI is InChI=1S/C23H24F4N2O4S/c1-2-34(31,32)28-21-19(29(13-23(21,26)27)22(30)20-8-9-33-20)11-14-4-3-5-15(10-14)17-12-16(24)6-7-18(17)25/h3-7,10,12,19-21,28H,2,8-9,11,13H2,1H3/t19-,20?,21+/m0/s1. The molecular weight excluding hydrogens is 476 g/mol. The Kier molecular flexibility index (Phi) is 6.71. The van der Waals surface area contributed by atoms with Crippen LogP contribution in [0.5, 0.6) is 0 Å². The number of carbonyl (C=O) groups is 1. The third-order valence-electron chi connectivity index (χ3n) is 6.18. The molecule has 1 unspecified atom stereocenters. The molecule has 0 radical (unpaired) electrons. The lowest BCUT2D eigenvalue weighted by Crippen LogP contribution is -2.54. The lowest BCUT2D eigenvalue weighted by Gasteiger charge is -2.33. The number of amides is 1. The molecule has 0 aromatic heterocycles. The third kappa shape index (κ3) is 4.96. The molecule has 2 aliphatic rings. The second-order valence-corrected chi connectivity index (χ2v) is 10.5. The monoisotopic (exact) mass is 500 g/mol. The molecule has 2 aromatic carbocycles. The van der Waals surface area contributed by atoms with E-state index in [1.165, 1.54) is 13.0 Å². The quantitative estimate of drug-likeness (QED) is 0.593. The summed E-state index contributed by atoms with van der Waals surface area (Å²) in [4.78, 5) is 13.8. The fraction of sp³-hybridized carbons (Fsp3) is 0.435. The number of hydrogen-bond acceptors (Lipinski definition) is 4. The maximum Gasteiger partial charge on any atom is 0.283 e. The molecule has 34 heavy (non-hydrogen) atoms. The highest BCUT2D eigenvalue weighted by atomic mass is 32.2. The molecule has 4 rings (SSSR count). The molecular formula is C23H24F4N2O4S. The average molecular weight is 501 g/mol. The fourth-order valence-corrected chi connectivity index (χ4v) is 5.14. The van der Waals surface area contributed by atoms with Crippen molar-refractivity contribution in [1.29, 1.82) is 0 Å². The molecule has 11 heteroatoms. The molecule has 0 spiro atoms. The Labute approximate surface area is 194 Å². The van der Waals surface area contributed by atoms with E-state index < -0.39 is 64.0 Å². The van der Waals surface area contributed by atoms with Gasteiger partial charge in [-0.2, -0.15) is 0 Å². The average Bonchev–Trinajstić information content (AvgIpc) is 2.98. The van der Waals surface area contributed by atoms with E-state index in [0.29, 0.717) is 24.2 Å². The van der Waals surface area contributed by atoms with Crippen LogP contribution in [0.2, 0.25) is 0 Å². The van der Waals surface area contributed by atoms with Gasteiger partial charge >= 0.3 is 0 Å². The second-order valence-electron chi connectivity index (χ2n) is 8.47. The van der Waals surface area contributed by atoms with Crippen molar-refractivity contribution in [1.82, 2.24) is 9.62 Å². The Morgan fingerprint density at radius 1 is 1.21 bits per heavy atom. The van der Waals surface area contributed by atoms with E-state index in [2.05, 4.69) is 4.72 Å². The first-order chi connectivity index (χ1) is 16.0. The summed E-state index contributed by atoms with van der Waals surface area (Å²) in [6, 6.07) is 6.18. The lowest BCUT2D eigenvalue weighted by atomic mass is 9.95. The van der Waals surface area contributed by atoms with Crippen LogP contribution in [0.1, 0.15) is 18.9 Å². The van der Waals surface area contributed by atoms with Crippen LogP contribution in [0.4, 0.5) is 17.6 Å². The molecule has 2 fully saturated rings. The number of hydrogen-bond donors (Lipinski definition) is 1. The molecule has 6 nitrogen and oxygen atoms in total. The van der Waals surface area contributed by atoms with Gasteiger partial charge < -0.3 is 9.64 Å². The van der Waals surface area contributed by atoms with Crippen LogP contribution in [-0.4, -0.2) is 62.2 Å². The van der Waals surface area contributed by atoms with Gasteiger partial charge in [-0.1, -0.05) is 24.3 Å². The minimum Gasteiger partial charge on any atom is -0.368 e. The maximum absolute atomic E-state index is 15.0. The number of carbonyl (C=O) groups excluding carboxylic acids is 1. The molecule has 1 amide bonds. The van der Waals surface area contributed by atoms with Crippen LogP contribution < -0.4 is 4.72 Å². The summed E-state index contributed by atoms with van der Waals surface area (Å²) >= 11 is 0. The first-order valence-electron chi connectivity index (χ1n) is 10.8. The number of ether oxygens (including phenoxy) is 1. The minimum absolute atomic E-state index is 0.00219. The van der Waals surface area contributed by atoms with Crippen molar-refractivity contribution in [2.24, 2.45) is 0 Å². The number of nitrogens with zero attached hydrogens (tertiary/aromatic N) is 1. The van der Waals surface area contributed by atoms with Gasteiger partial charge in [-0.15, -0.1) is 0 Å². The van der Waals surface area contributed by atoms with Crippen molar-refractivity contribution in [3.8, 4) is 11.1 Å². The van der Waals surface area contributed by atoms with Crippen molar-refractivity contribution >= 4 is 15.9 Å². The van der Waals surface area contributed by atoms with Crippen LogP contribution in [0, 0.1) is 11.6 Å². The fourth-order valence-electron chi connectivity index (χ4n) is 4.26. The summed E-state index contributed by atoms with van der Waals surface area (Å²) in [5.74, 6) is -5.83. The van der Waals surface area contributed by atoms with E-state index in [4.69, 9.17) is 4.74 Å². The zero-order chi connectivity index (χ0) is 24.7. The van der Waals surface area contributed by atoms with Crippen molar-refractivity contribution < 1.29 is 35.5 Å². The highest BCUT2D eigenvalue weighted by Gasteiger charge is 2.57. The summed E-state index contributed by atoms with van der Waals surface area (Å²) in [5.41, 5.74) is 0.777. The second kappa shape index (κ2) is 9.27. The Hall–Kier alpha value is -2.50. The van der Waals surface area contributed by atoms with Gasteiger partial charge in [0.15, 0.2) is 0 Å². The van der Waals surface area contributed by atoms with Gasteiger partial charge in [0.1, 0.15) is 23.8 Å². The Morgan fingerprint density at radius 2 is 1.94 bits per heavy atom. The number of benzene rings is 2. The number of nitrogens with one attached hydrogen (secondary N) is 1. The van der Waals surface area contributed by atoms with Gasteiger partial charge in [0, 0.05) is 12.0 Å². The molecule has 3 atom stereocenters. The molecule has 2 aromatic rings. The van der Waals surface area contributed by atoms with Crippen molar-refractivity contribution in [2.45, 2.75) is 43.9 Å². The lowest BCUT2D eigenvalue weighted by molar-refractivity contribution is -0.158. The van der Waals surface area contributed by atoms with Crippen LogP contribution >= 0.6 is 0 Å². The largest absolute Gasteiger partial charge is 0.368 e. The van der Waals surface area contributed by atoms with Gasteiger partial charge in [-0.25, -0.2) is 30.7 Å². The molecule has 1 N–H and O–H groups in total. The van der Waals surface area contributed by atoms with E-state index in [9.17, 15) is 22.0 Å². The van der Waals surface area contributed by atoms with E-state index in [1.54, 1.807) is 18.2 Å². The van der Waals surface area contributed by atoms with Gasteiger partial charge in [0.25, 0.3) is 11.8 Å². The van der Waals surface area contributed by atoms with E-state index >= 15 is 8.78 Å². The summed E-state index contributed by atoms with van der Waals surface area (Å²) in [6.07, 6.45) is -0.573. The topological polar surface area (TPSA) is 75.7 Å². The minimum atomic E-state index is -4.01. The van der Waals surface area contributed by atoms with E-state index in [-0.39, 0.29) is 12.0 Å². The summed E-state index contributed by atoms with van der Waals surface area (Å²) in [5, 5.41) is 0. The Morgan fingerprint density at radius 3 is 2.59 bits per heavy atom. The molecule has 0 bridgehead atoms. The van der Waals surface area contributed by atoms with Crippen LogP contribution in [0.25, 0.3) is 11.1 Å². The Bertz CT molecular complexity index is 1190. The molecule has 0 aliphatic carbocycles. The predicted octanol–water partition coefficient (Wildman–Crippen LogP) is 3.12. The first kappa shape index (κ1) is 24.6. The summed E-state index contributed by atoms with van der Waals surface area (Å²) < 4.78 is 89.6. The van der Waals surface area contributed by atoms with Gasteiger partial charge in [-0.05, 0) is 42.7 Å². The smallest absolute Gasteiger partial charge is 0.283 e. The SMILES string of the molecule is CCS(=O)(=O)N[C@@H]1[C@H](Cc2cccc(-c3cc(F)ccc3F)c2)N(C(=O)C2CCO2)CC1(F)F. The number of halogens is 4. The van der Waals surface area contributed by atoms with Gasteiger partial charge in [0.2, 0.25) is 10.0 Å². The van der Waals surface area contributed by atoms with Crippen LogP contribution in [0.3, 0.4) is 0 Å². The van der Waals surface area contributed by atoms with E-state index in [1.807, 2.05) is 0 Å². The van der Waals surface area contributed by atoms with Crippen LogP contribution in [0.15, 0.2) is 42.5 Å². The van der Waals surface area contributed by atoms with Crippen molar-refractivity contribution in [3.63, 3.8) is 0 Å². The maximum atomic E-state index is 15.0. The number of sulfonamides is 1. The van der Waals surface area contributed by atoms with Crippen molar-refractivity contribution in [3.05, 3.63) is 59.7 Å².